The fraction of sp³-hybridized carbons (Fsp3) is 0.400. The van der Waals surface area contributed by atoms with Crippen LogP contribution in [0.25, 0.3) is 5.69 Å². The number of aromatic nitrogens is 2. The molecule has 3 rings (SSSR count). The molecule has 1 aliphatic rings. The Hall–Kier alpha value is -1.32. The molecular weight excluding hydrogens is 258 g/mol. The Labute approximate surface area is 118 Å². The number of hydrogen-bond acceptors (Lipinski definition) is 2. The van der Waals surface area contributed by atoms with Crippen molar-refractivity contribution in [2.24, 2.45) is 0 Å². The van der Waals surface area contributed by atoms with Gasteiger partial charge in [0.15, 0.2) is 0 Å². The molecule has 0 bridgehead atoms. The summed E-state index contributed by atoms with van der Waals surface area (Å²) in [6, 6.07) is 6.41. The van der Waals surface area contributed by atoms with E-state index in [1.165, 1.54) is 25.0 Å². The van der Waals surface area contributed by atoms with Gasteiger partial charge in [-0.05, 0) is 44.0 Å². The molecular formula is C15H18ClN3. The number of halogens is 1. The predicted octanol–water partition coefficient (Wildman–Crippen LogP) is 3.65. The van der Waals surface area contributed by atoms with E-state index in [1.54, 1.807) is 0 Å². The van der Waals surface area contributed by atoms with Crippen molar-refractivity contribution in [2.75, 3.05) is 6.54 Å². The Balaban J connectivity index is 2.01. The molecule has 1 fully saturated rings. The van der Waals surface area contributed by atoms with Crippen LogP contribution in [-0.2, 0) is 0 Å². The van der Waals surface area contributed by atoms with Gasteiger partial charge in [-0.3, -0.25) is 0 Å². The van der Waals surface area contributed by atoms with Crippen LogP contribution in [0.1, 0.15) is 36.6 Å². The van der Waals surface area contributed by atoms with Crippen molar-refractivity contribution in [3.05, 3.63) is 47.0 Å². The second kappa shape index (κ2) is 5.35. The smallest absolute Gasteiger partial charge is 0.0994 e. The van der Waals surface area contributed by atoms with Crippen LogP contribution < -0.4 is 5.32 Å². The second-order valence-corrected chi connectivity index (χ2v) is 5.48. The first-order valence-corrected chi connectivity index (χ1v) is 7.16. The minimum atomic E-state index is 0.398. The van der Waals surface area contributed by atoms with Crippen LogP contribution >= 0.6 is 11.6 Å². The minimum absolute atomic E-state index is 0.398. The van der Waals surface area contributed by atoms with Crippen molar-refractivity contribution in [1.29, 1.82) is 0 Å². The lowest BCUT2D eigenvalue weighted by molar-refractivity contribution is 0.402. The maximum absolute atomic E-state index is 6.22. The first kappa shape index (κ1) is 12.7. The van der Waals surface area contributed by atoms with Crippen LogP contribution in [0, 0.1) is 6.92 Å². The van der Waals surface area contributed by atoms with E-state index >= 15 is 0 Å². The van der Waals surface area contributed by atoms with E-state index in [0.29, 0.717) is 6.04 Å². The molecule has 19 heavy (non-hydrogen) atoms. The number of hydrogen-bond donors (Lipinski definition) is 1. The average molecular weight is 276 g/mol. The van der Waals surface area contributed by atoms with E-state index < -0.39 is 0 Å². The standard InChI is InChI=1S/C15H18ClN3/c1-11-12(16)5-4-7-14(11)19-10-17-9-15(19)13-6-2-3-8-18-13/h4-5,7,9-10,13,18H,2-3,6,8H2,1H3. The van der Waals surface area contributed by atoms with Crippen LogP contribution in [0.5, 0.6) is 0 Å². The van der Waals surface area contributed by atoms with E-state index in [9.17, 15) is 0 Å². The molecule has 1 atom stereocenters. The molecule has 2 aromatic rings. The monoisotopic (exact) mass is 275 g/mol. The summed E-state index contributed by atoms with van der Waals surface area (Å²) >= 11 is 6.22. The van der Waals surface area contributed by atoms with Crippen LogP contribution in [0.3, 0.4) is 0 Å². The first-order valence-electron chi connectivity index (χ1n) is 6.78. The molecule has 1 aromatic carbocycles. The molecule has 3 nitrogen and oxygen atoms in total. The van der Waals surface area contributed by atoms with Gasteiger partial charge in [0.25, 0.3) is 0 Å². The van der Waals surface area contributed by atoms with Crippen LogP contribution in [0.15, 0.2) is 30.7 Å². The molecule has 0 amide bonds. The molecule has 2 heterocycles. The summed E-state index contributed by atoms with van der Waals surface area (Å²) in [7, 11) is 0. The highest BCUT2D eigenvalue weighted by Gasteiger charge is 2.19. The third-order valence-corrected chi connectivity index (χ3v) is 4.24. The molecule has 1 aromatic heterocycles. The van der Waals surface area contributed by atoms with Crippen molar-refractivity contribution >= 4 is 11.6 Å². The number of piperidine rings is 1. The summed E-state index contributed by atoms with van der Waals surface area (Å²) < 4.78 is 2.16. The van der Waals surface area contributed by atoms with Crippen LogP contribution in [0.4, 0.5) is 0 Å². The first-order chi connectivity index (χ1) is 9.27. The van der Waals surface area contributed by atoms with Crippen LogP contribution in [-0.4, -0.2) is 16.1 Å². The topological polar surface area (TPSA) is 29.9 Å². The second-order valence-electron chi connectivity index (χ2n) is 5.07. The van der Waals surface area contributed by atoms with Gasteiger partial charge in [-0.1, -0.05) is 24.1 Å². The van der Waals surface area contributed by atoms with Gasteiger partial charge in [0.2, 0.25) is 0 Å². The van der Waals surface area contributed by atoms with E-state index in [-0.39, 0.29) is 0 Å². The maximum Gasteiger partial charge on any atom is 0.0994 e. The number of benzene rings is 1. The zero-order valence-corrected chi connectivity index (χ0v) is 11.8. The van der Waals surface area contributed by atoms with E-state index in [1.807, 2.05) is 24.7 Å². The highest BCUT2D eigenvalue weighted by atomic mass is 35.5. The molecule has 1 saturated heterocycles. The molecule has 100 valence electrons. The highest BCUT2D eigenvalue weighted by molar-refractivity contribution is 6.31. The molecule has 0 radical (unpaired) electrons. The Bertz CT molecular complexity index is 571. The van der Waals surface area contributed by atoms with Crippen molar-refractivity contribution in [3.63, 3.8) is 0 Å². The Morgan fingerprint density at radius 2 is 2.26 bits per heavy atom. The van der Waals surface area contributed by atoms with E-state index in [2.05, 4.69) is 27.9 Å². The van der Waals surface area contributed by atoms with Gasteiger partial charge in [0.1, 0.15) is 0 Å². The Morgan fingerprint density at radius 3 is 3.05 bits per heavy atom. The number of nitrogens with zero attached hydrogens (tertiary/aromatic N) is 2. The van der Waals surface area contributed by atoms with Gasteiger partial charge in [0, 0.05) is 11.1 Å². The minimum Gasteiger partial charge on any atom is -0.309 e. The summed E-state index contributed by atoms with van der Waals surface area (Å²) in [6.07, 6.45) is 7.55. The summed E-state index contributed by atoms with van der Waals surface area (Å²) in [5, 5.41) is 4.37. The molecule has 0 saturated carbocycles. The van der Waals surface area contributed by atoms with Crippen molar-refractivity contribution in [3.8, 4) is 5.69 Å². The third-order valence-electron chi connectivity index (χ3n) is 3.83. The largest absolute Gasteiger partial charge is 0.309 e. The molecule has 4 heteroatoms. The number of rotatable bonds is 2. The molecule has 1 unspecified atom stereocenters. The number of nitrogens with one attached hydrogen (secondary N) is 1. The van der Waals surface area contributed by atoms with Gasteiger partial charge >= 0.3 is 0 Å². The average Bonchev–Trinajstić information content (AvgIpc) is 2.92. The van der Waals surface area contributed by atoms with E-state index in [0.717, 1.165) is 22.8 Å². The fourth-order valence-electron chi connectivity index (χ4n) is 2.73. The van der Waals surface area contributed by atoms with Gasteiger partial charge < -0.3 is 9.88 Å². The van der Waals surface area contributed by atoms with Gasteiger partial charge in [-0.25, -0.2) is 4.98 Å². The highest BCUT2D eigenvalue weighted by Crippen LogP contribution is 2.28. The van der Waals surface area contributed by atoms with Crippen molar-refractivity contribution < 1.29 is 0 Å². The zero-order chi connectivity index (χ0) is 13.2. The summed E-state index contributed by atoms with van der Waals surface area (Å²) in [5.41, 5.74) is 3.44. The summed E-state index contributed by atoms with van der Waals surface area (Å²) in [6.45, 7) is 3.14. The van der Waals surface area contributed by atoms with Gasteiger partial charge in [0.05, 0.1) is 23.9 Å². The Kier molecular flexibility index (Phi) is 3.58. The van der Waals surface area contributed by atoms with Crippen LogP contribution in [0.2, 0.25) is 5.02 Å². The zero-order valence-electron chi connectivity index (χ0n) is 11.1. The van der Waals surface area contributed by atoms with E-state index in [4.69, 9.17) is 11.6 Å². The SMILES string of the molecule is Cc1c(Cl)cccc1-n1cncc1C1CCCCN1. The molecule has 0 spiro atoms. The summed E-state index contributed by atoms with van der Waals surface area (Å²) in [5.74, 6) is 0. The Morgan fingerprint density at radius 1 is 1.37 bits per heavy atom. The quantitative estimate of drug-likeness (QED) is 0.907. The maximum atomic E-state index is 6.22. The molecule has 1 N–H and O–H groups in total. The lowest BCUT2D eigenvalue weighted by Gasteiger charge is -2.25. The summed E-state index contributed by atoms with van der Waals surface area (Å²) in [4.78, 5) is 4.32. The fourth-order valence-corrected chi connectivity index (χ4v) is 2.90. The van der Waals surface area contributed by atoms with Gasteiger partial charge in [-0.2, -0.15) is 0 Å². The lowest BCUT2D eigenvalue weighted by atomic mass is 10.0. The third kappa shape index (κ3) is 2.40. The lowest BCUT2D eigenvalue weighted by Crippen LogP contribution is -2.28. The number of imidazole rings is 1. The molecule has 1 aliphatic heterocycles. The van der Waals surface area contributed by atoms with Gasteiger partial charge in [-0.15, -0.1) is 0 Å². The molecule has 0 aliphatic carbocycles. The van der Waals surface area contributed by atoms with Crippen molar-refractivity contribution in [2.45, 2.75) is 32.2 Å². The predicted molar refractivity (Wildman–Crippen MR) is 77.9 cm³/mol. The normalized spacial score (nSPS) is 19.6. The van der Waals surface area contributed by atoms with Crippen molar-refractivity contribution in [1.82, 2.24) is 14.9 Å².